The lowest BCUT2D eigenvalue weighted by Crippen LogP contribution is -2.43. The maximum atomic E-state index is 6.50. The maximum absolute atomic E-state index is 6.50. The van der Waals surface area contributed by atoms with Crippen molar-refractivity contribution in [3.05, 3.63) is 71.6 Å². The van der Waals surface area contributed by atoms with Gasteiger partial charge in [0.1, 0.15) is 10.8 Å². The molecule has 0 radical (unpaired) electrons. The van der Waals surface area contributed by atoms with Crippen molar-refractivity contribution in [3.63, 3.8) is 0 Å². The van der Waals surface area contributed by atoms with Crippen LogP contribution in [0.1, 0.15) is 36.3 Å². The normalized spacial score (nSPS) is 15.3. The summed E-state index contributed by atoms with van der Waals surface area (Å²) in [6.45, 7) is 3.90. The SMILES string of the molecule is Cc1noc(C)c1-c1nc(-c2ccc(C3(N)CCC3)cc2)c(-c2ccccc2)s1. The van der Waals surface area contributed by atoms with E-state index in [-0.39, 0.29) is 5.54 Å². The third-order valence-electron chi connectivity index (χ3n) is 5.89. The zero-order chi connectivity index (χ0) is 20.0. The predicted octanol–water partition coefficient (Wildman–Crippen LogP) is 6.09. The van der Waals surface area contributed by atoms with Gasteiger partial charge in [-0.25, -0.2) is 4.98 Å². The molecule has 5 rings (SSSR count). The molecule has 29 heavy (non-hydrogen) atoms. The highest BCUT2D eigenvalue weighted by atomic mass is 32.1. The predicted molar refractivity (Wildman–Crippen MR) is 118 cm³/mol. The van der Waals surface area contributed by atoms with Gasteiger partial charge in [0.25, 0.3) is 0 Å². The molecule has 4 aromatic rings. The highest BCUT2D eigenvalue weighted by molar-refractivity contribution is 7.19. The van der Waals surface area contributed by atoms with Crippen molar-refractivity contribution >= 4 is 11.3 Å². The molecule has 0 amide bonds. The molecule has 1 aliphatic carbocycles. The largest absolute Gasteiger partial charge is 0.361 e. The summed E-state index contributed by atoms with van der Waals surface area (Å²) in [5.74, 6) is 0.799. The fourth-order valence-corrected chi connectivity index (χ4v) is 5.24. The Labute approximate surface area is 174 Å². The van der Waals surface area contributed by atoms with Gasteiger partial charge in [-0.1, -0.05) is 59.8 Å². The lowest BCUT2D eigenvalue weighted by molar-refractivity contribution is 0.253. The van der Waals surface area contributed by atoms with Crippen molar-refractivity contribution in [2.75, 3.05) is 0 Å². The van der Waals surface area contributed by atoms with Crippen LogP contribution in [0.2, 0.25) is 0 Å². The molecule has 2 N–H and O–H groups in total. The van der Waals surface area contributed by atoms with E-state index in [0.29, 0.717) is 0 Å². The van der Waals surface area contributed by atoms with Gasteiger partial charge in [0.15, 0.2) is 0 Å². The zero-order valence-corrected chi connectivity index (χ0v) is 17.4. The fourth-order valence-electron chi connectivity index (χ4n) is 4.00. The van der Waals surface area contributed by atoms with Crippen LogP contribution in [-0.4, -0.2) is 10.1 Å². The van der Waals surface area contributed by atoms with E-state index in [9.17, 15) is 0 Å². The number of aromatic nitrogens is 2. The highest BCUT2D eigenvalue weighted by Crippen LogP contribution is 2.43. The minimum absolute atomic E-state index is 0.148. The molecule has 0 atom stereocenters. The average molecular weight is 402 g/mol. The molecule has 1 fully saturated rings. The van der Waals surface area contributed by atoms with Gasteiger partial charge in [-0.2, -0.15) is 0 Å². The van der Waals surface area contributed by atoms with Crippen LogP contribution < -0.4 is 5.73 Å². The van der Waals surface area contributed by atoms with Gasteiger partial charge in [0.05, 0.1) is 21.8 Å². The first-order valence-electron chi connectivity index (χ1n) is 9.94. The lowest BCUT2D eigenvalue weighted by atomic mass is 9.72. The Morgan fingerprint density at radius 3 is 2.28 bits per heavy atom. The number of benzene rings is 2. The number of hydrogen-bond acceptors (Lipinski definition) is 5. The molecule has 0 bridgehead atoms. The minimum Gasteiger partial charge on any atom is -0.361 e. The summed E-state index contributed by atoms with van der Waals surface area (Å²) in [6, 6.07) is 19.1. The van der Waals surface area contributed by atoms with Gasteiger partial charge in [-0.15, -0.1) is 11.3 Å². The van der Waals surface area contributed by atoms with Crippen molar-refractivity contribution in [3.8, 4) is 32.3 Å². The molecule has 5 heteroatoms. The number of thiazole rings is 1. The number of rotatable bonds is 4. The molecule has 4 nitrogen and oxygen atoms in total. The molecule has 1 aliphatic rings. The van der Waals surface area contributed by atoms with Crippen LogP contribution in [0, 0.1) is 13.8 Å². The van der Waals surface area contributed by atoms with Gasteiger partial charge in [0.2, 0.25) is 0 Å². The molecular weight excluding hydrogens is 378 g/mol. The van der Waals surface area contributed by atoms with Gasteiger partial charge in [-0.3, -0.25) is 0 Å². The molecular formula is C24H23N3OS. The van der Waals surface area contributed by atoms with Crippen molar-refractivity contribution in [2.24, 2.45) is 5.73 Å². The van der Waals surface area contributed by atoms with Gasteiger partial charge >= 0.3 is 0 Å². The van der Waals surface area contributed by atoms with Crippen LogP contribution in [0.15, 0.2) is 59.1 Å². The second-order valence-corrected chi connectivity index (χ2v) is 8.85. The van der Waals surface area contributed by atoms with Crippen LogP contribution in [0.25, 0.3) is 32.3 Å². The molecule has 2 aromatic carbocycles. The van der Waals surface area contributed by atoms with E-state index in [1.165, 1.54) is 12.0 Å². The summed E-state index contributed by atoms with van der Waals surface area (Å²) in [7, 11) is 0. The summed E-state index contributed by atoms with van der Waals surface area (Å²) in [4.78, 5) is 6.19. The van der Waals surface area contributed by atoms with Crippen molar-refractivity contribution in [1.29, 1.82) is 0 Å². The van der Waals surface area contributed by atoms with Crippen LogP contribution in [0.5, 0.6) is 0 Å². The van der Waals surface area contributed by atoms with Gasteiger partial charge in [0, 0.05) is 11.1 Å². The first kappa shape index (κ1) is 18.3. The van der Waals surface area contributed by atoms with Crippen molar-refractivity contribution in [2.45, 2.75) is 38.6 Å². The van der Waals surface area contributed by atoms with E-state index in [0.717, 1.165) is 56.6 Å². The average Bonchev–Trinajstić information content (AvgIpc) is 3.30. The number of aryl methyl sites for hydroxylation is 2. The number of nitrogens with zero attached hydrogens (tertiary/aromatic N) is 2. The Hall–Kier alpha value is -2.76. The van der Waals surface area contributed by atoms with Gasteiger partial charge < -0.3 is 10.3 Å². The number of hydrogen-bond donors (Lipinski definition) is 1. The molecule has 0 aliphatic heterocycles. The highest BCUT2D eigenvalue weighted by Gasteiger charge is 2.34. The Morgan fingerprint density at radius 2 is 1.69 bits per heavy atom. The molecule has 0 unspecified atom stereocenters. The summed E-state index contributed by atoms with van der Waals surface area (Å²) < 4.78 is 5.38. The van der Waals surface area contributed by atoms with E-state index in [1.54, 1.807) is 11.3 Å². The summed E-state index contributed by atoms with van der Waals surface area (Å²) >= 11 is 1.68. The first-order chi connectivity index (χ1) is 14.0. The van der Waals surface area contributed by atoms with E-state index in [1.807, 2.05) is 19.9 Å². The van der Waals surface area contributed by atoms with Crippen molar-refractivity contribution in [1.82, 2.24) is 10.1 Å². The van der Waals surface area contributed by atoms with E-state index in [2.05, 4.69) is 53.7 Å². The Morgan fingerprint density at radius 1 is 0.966 bits per heavy atom. The molecule has 2 heterocycles. The van der Waals surface area contributed by atoms with Gasteiger partial charge in [-0.05, 0) is 44.2 Å². The summed E-state index contributed by atoms with van der Waals surface area (Å²) in [6.07, 6.45) is 3.34. The number of nitrogens with two attached hydrogens (primary N) is 1. The van der Waals surface area contributed by atoms with Crippen molar-refractivity contribution < 1.29 is 4.52 Å². The third kappa shape index (κ3) is 3.11. The van der Waals surface area contributed by atoms with Crippen LogP contribution in [-0.2, 0) is 5.54 Å². The first-order valence-corrected chi connectivity index (χ1v) is 10.8. The standard InChI is InChI=1S/C24H23N3OS/c1-15-20(16(2)28-27-15)23-26-21(22(29-23)18-7-4-3-5-8-18)17-9-11-19(12-10-17)24(25)13-6-14-24/h3-5,7-12H,6,13-14,25H2,1-2H3. The topological polar surface area (TPSA) is 64.9 Å². The Balaban J connectivity index is 1.63. The maximum Gasteiger partial charge on any atom is 0.144 e. The Kier molecular flexibility index (Phi) is 4.37. The Bertz CT molecular complexity index is 1140. The second-order valence-electron chi connectivity index (χ2n) is 7.85. The molecule has 0 spiro atoms. The fraction of sp³-hybridized carbons (Fsp3) is 0.250. The van der Waals surface area contributed by atoms with E-state index in [4.69, 9.17) is 15.2 Å². The quantitative estimate of drug-likeness (QED) is 0.449. The van der Waals surface area contributed by atoms with E-state index >= 15 is 0 Å². The van der Waals surface area contributed by atoms with Crippen LogP contribution >= 0.6 is 11.3 Å². The smallest absolute Gasteiger partial charge is 0.144 e. The van der Waals surface area contributed by atoms with Crippen LogP contribution in [0.3, 0.4) is 0 Å². The van der Waals surface area contributed by atoms with E-state index < -0.39 is 0 Å². The zero-order valence-electron chi connectivity index (χ0n) is 16.6. The molecule has 0 saturated heterocycles. The lowest BCUT2D eigenvalue weighted by Gasteiger charge is -2.38. The second kappa shape index (κ2) is 6.94. The molecule has 1 saturated carbocycles. The molecule has 146 valence electrons. The molecule has 2 aromatic heterocycles. The minimum atomic E-state index is -0.148. The monoisotopic (exact) mass is 401 g/mol. The summed E-state index contributed by atoms with van der Waals surface area (Å²) in [5.41, 5.74) is 12.7. The third-order valence-corrected chi connectivity index (χ3v) is 7.01. The summed E-state index contributed by atoms with van der Waals surface area (Å²) in [5, 5.41) is 5.05. The van der Waals surface area contributed by atoms with Crippen LogP contribution in [0.4, 0.5) is 0 Å².